The molecule has 0 saturated carbocycles. The molecule has 120 valence electrons. The summed E-state index contributed by atoms with van der Waals surface area (Å²) in [6.45, 7) is 3.95. The minimum atomic E-state index is -0.530. The number of nitrogens with zero attached hydrogens (tertiary/aromatic N) is 1. The molecule has 1 aliphatic rings. The summed E-state index contributed by atoms with van der Waals surface area (Å²) in [6.07, 6.45) is 1.52. The first-order valence-corrected chi connectivity index (χ1v) is 8.67. The number of para-hydroxylation sites is 1. The Balaban J connectivity index is 2.08. The van der Waals surface area contributed by atoms with Crippen molar-refractivity contribution >= 4 is 29.3 Å². The number of thioether (sulfide) groups is 1. The van der Waals surface area contributed by atoms with Gasteiger partial charge in [0.05, 0.1) is 11.6 Å². The van der Waals surface area contributed by atoms with Crippen molar-refractivity contribution in [2.75, 3.05) is 16.9 Å². The number of nitrogens with one attached hydrogen (secondary N) is 1. The monoisotopic (exact) mass is 324 g/mol. The second-order valence-electron chi connectivity index (χ2n) is 5.31. The number of rotatable bonds is 5. The van der Waals surface area contributed by atoms with E-state index in [1.54, 1.807) is 28.8 Å². The molecule has 1 atom stereocenters. The van der Waals surface area contributed by atoms with Gasteiger partial charge >= 0.3 is 0 Å². The van der Waals surface area contributed by atoms with Crippen LogP contribution in [0.2, 0.25) is 0 Å². The predicted octanol–water partition coefficient (Wildman–Crippen LogP) is 3.10. The molecule has 22 heavy (non-hydrogen) atoms. The van der Waals surface area contributed by atoms with Crippen LogP contribution in [0.1, 0.15) is 26.7 Å². The molecule has 4 nitrogen and oxygen atoms in total. The Morgan fingerprint density at radius 1 is 1.36 bits per heavy atom. The Labute approximate surface area is 134 Å². The van der Waals surface area contributed by atoms with E-state index in [4.69, 9.17) is 0 Å². The van der Waals surface area contributed by atoms with E-state index in [9.17, 15) is 14.0 Å². The van der Waals surface area contributed by atoms with Gasteiger partial charge in [0, 0.05) is 11.7 Å². The first-order valence-electron chi connectivity index (χ1n) is 7.52. The van der Waals surface area contributed by atoms with E-state index in [0.717, 1.165) is 12.8 Å². The predicted molar refractivity (Wildman–Crippen MR) is 87.1 cm³/mol. The van der Waals surface area contributed by atoms with Crippen LogP contribution in [0.3, 0.4) is 0 Å². The fraction of sp³-hybridized carbons (Fsp3) is 0.500. The molecule has 2 rings (SSSR count). The van der Waals surface area contributed by atoms with Crippen molar-refractivity contribution in [1.29, 1.82) is 0 Å². The normalized spacial score (nSPS) is 17.8. The molecular weight excluding hydrogens is 303 g/mol. The van der Waals surface area contributed by atoms with Gasteiger partial charge in [-0.1, -0.05) is 26.0 Å². The van der Waals surface area contributed by atoms with Crippen LogP contribution in [-0.2, 0) is 9.59 Å². The summed E-state index contributed by atoms with van der Waals surface area (Å²) in [5, 5.41) is 2.59. The molecule has 0 bridgehead atoms. The zero-order valence-electron chi connectivity index (χ0n) is 12.8. The second-order valence-corrected chi connectivity index (χ2v) is 6.31. The van der Waals surface area contributed by atoms with Gasteiger partial charge in [-0.05, 0) is 25.0 Å². The van der Waals surface area contributed by atoms with Crippen molar-refractivity contribution in [2.24, 2.45) is 5.92 Å². The second kappa shape index (κ2) is 7.63. The van der Waals surface area contributed by atoms with Crippen molar-refractivity contribution in [3.8, 4) is 0 Å². The van der Waals surface area contributed by atoms with E-state index in [1.165, 1.54) is 12.1 Å². The number of halogens is 1. The lowest BCUT2D eigenvalue weighted by Gasteiger charge is -2.26. The molecule has 2 amide bonds. The zero-order chi connectivity index (χ0) is 16.1. The van der Waals surface area contributed by atoms with Crippen LogP contribution in [-0.4, -0.2) is 34.4 Å². The van der Waals surface area contributed by atoms with Crippen LogP contribution in [0.4, 0.5) is 10.1 Å². The molecule has 1 saturated heterocycles. The highest BCUT2D eigenvalue weighted by Gasteiger charge is 2.36. The maximum absolute atomic E-state index is 13.6. The summed E-state index contributed by atoms with van der Waals surface area (Å²) < 4.78 is 13.6. The van der Waals surface area contributed by atoms with Gasteiger partial charge in [-0.2, -0.15) is 0 Å². The van der Waals surface area contributed by atoms with Gasteiger partial charge in [0.2, 0.25) is 11.8 Å². The van der Waals surface area contributed by atoms with E-state index in [1.807, 2.05) is 13.8 Å². The number of amides is 2. The summed E-state index contributed by atoms with van der Waals surface area (Å²) in [6, 6.07) is 5.51. The van der Waals surface area contributed by atoms with Crippen LogP contribution in [0.5, 0.6) is 0 Å². The number of hydrogen-bond acceptors (Lipinski definition) is 3. The van der Waals surface area contributed by atoms with E-state index < -0.39 is 11.9 Å². The lowest BCUT2D eigenvalue weighted by atomic mass is 10.0. The third-order valence-corrected chi connectivity index (χ3v) is 4.95. The van der Waals surface area contributed by atoms with Crippen molar-refractivity contribution in [2.45, 2.75) is 32.7 Å². The van der Waals surface area contributed by atoms with Gasteiger partial charge < -0.3 is 10.2 Å². The van der Waals surface area contributed by atoms with Crippen molar-refractivity contribution in [3.05, 3.63) is 30.1 Å². The van der Waals surface area contributed by atoms with Gasteiger partial charge in [-0.15, -0.1) is 11.8 Å². The SMILES string of the molecule is CCC(CC)C(=O)N1CSCC1C(=O)Nc1ccccc1F. The summed E-state index contributed by atoms with van der Waals surface area (Å²) in [4.78, 5) is 26.5. The molecule has 1 fully saturated rings. The quantitative estimate of drug-likeness (QED) is 0.905. The average molecular weight is 324 g/mol. The van der Waals surface area contributed by atoms with Gasteiger partial charge in [0.15, 0.2) is 0 Å². The van der Waals surface area contributed by atoms with Crippen molar-refractivity contribution < 1.29 is 14.0 Å². The third-order valence-electron chi connectivity index (χ3n) is 3.93. The highest BCUT2D eigenvalue weighted by atomic mass is 32.2. The maximum atomic E-state index is 13.6. The lowest BCUT2D eigenvalue weighted by Crippen LogP contribution is -2.46. The highest BCUT2D eigenvalue weighted by Crippen LogP contribution is 2.26. The smallest absolute Gasteiger partial charge is 0.248 e. The Hall–Kier alpha value is -1.56. The van der Waals surface area contributed by atoms with Gasteiger partial charge in [-0.3, -0.25) is 9.59 Å². The standard InChI is InChI=1S/C16H21FN2O2S/c1-3-11(4-2)16(21)19-10-22-9-14(19)15(20)18-13-8-6-5-7-12(13)17/h5-8,11,14H,3-4,9-10H2,1-2H3,(H,18,20). The van der Waals surface area contributed by atoms with Crippen LogP contribution < -0.4 is 5.32 Å². The van der Waals surface area contributed by atoms with E-state index in [2.05, 4.69) is 5.32 Å². The molecular formula is C16H21FN2O2S. The number of benzene rings is 1. The number of hydrogen-bond donors (Lipinski definition) is 1. The molecule has 0 spiro atoms. The fourth-order valence-corrected chi connectivity index (χ4v) is 3.69. The number of carbonyl (C=O) groups is 2. The first kappa shape index (κ1) is 16.8. The van der Waals surface area contributed by atoms with Crippen LogP contribution in [0.15, 0.2) is 24.3 Å². The van der Waals surface area contributed by atoms with Crippen molar-refractivity contribution in [1.82, 2.24) is 4.90 Å². The maximum Gasteiger partial charge on any atom is 0.248 e. The summed E-state index contributed by atoms with van der Waals surface area (Å²) >= 11 is 1.55. The molecule has 1 unspecified atom stereocenters. The molecule has 1 N–H and O–H groups in total. The Bertz CT molecular complexity index is 549. The molecule has 0 aliphatic carbocycles. The van der Waals surface area contributed by atoms with Gasteiger partial charge in [0.1, 0.15) is 11.9 Å². The zero-order valence-corrected chi connectivity index (χ0v) is 13.7. The summed E-state index contributed by atoms with van der Waals surface area (Å²) in [5.41, 5.74) is 0.152. The molecule has 0 aromatic heterocycles. The topological polar surface area (TPSA) is 49.4 Å². The van der Waals surface area contributed by atoms with E-state index >= 15 is 0 Å². The summed E-state index contributed by atoms with van der Waals surface area (Å²) in [5.74, 6) is 0.233. The van der Waals surface area contributed by atoms with Gasteiger partial charge in [-0.25, -0.2) is 4.39 Å². The molecule has 1 heterocycles. The third kappa shape index (κ3) is 3.61. The minimum Gasteiger partial charge on any atom is -0.322 e. The van der Waals surface area contributed by atoms with E-state index in [-0.39, 0.29) is 23.4 Å². The fourth-order valence-electron chi connectivity index (χ4n) is 2.53. The number of carbonyl (C=O) groups excluding carboxylic acids is 2. The van der Waals surface area contributed by atoms with Crippen LogP contribution in [0, 0.1) is 11.7 Å². The highest BCUT2D eigenvalue weighted by molar-refractivity contribution is 7.99. The summed E-state index contributed by atoms with van der Waals surface area (Å²) in [7, 11) is 0. The van der Waals surface area contributed by atoms with Crippen molar-refractivity contribution in [3.63, 3.8) is 0 Å². The van der Waals surface area contributed by atoms with Gasteiger partial charge in [0.25, 0.3) is 0 Å². The number of anilines is 1. The first-order chi connectivity index (χ1) is 10.6. The average Bonchev–Trinajstić information content (AvgIpc) is 3.00. The molecule has 1 aliphatic heterocycles. The lowest BCUT2D eigenvalue weighted by molar-refractivity contribution is -0.139. The Morgan fingerprint density at radius 2 is 2.05 bits per heavy atom. The molecule has 1 aromatic rings. The molecule has 1 aromatic carbocycles. The van der Waals surface area contributed by atoms with E-state index in [0.29, 0.717) is 11.6 Å². The minimum absolute atomic E-state index is 0.0173. The van der Waals surface area contributed by atoms with Crippen LogP contribution >= 0.6 is 11.8 Å². The Morgan fingerprint density at radius 3 is 2.68 bits per heavy atom. The van der Waals surface area contributed by atoms with Crippen LogP contribution in [0.25, 0.3) is 0 Å². The largest absolute Gasteiger partial charge is 0.322 e. The Kier molecular flexibility index (Phi) is 5.83. The molecule has 0 radical (unpaired) electrons. The molecule has 6 heteroatoms.